The molecule has 204 valence electrons. The molecule has 38 heavy (non-hydrogen) atoms. The van der Waals surface area contributed by atoms with Gasteiger partial charge in [-0.15, -0.1) is 16.4 Å². The van der Waals surface area contributed by atoms with Crippen LogP contribution in [0.5, 0.6) is 0 Å². The van der Waals surface area contributed by atoms with Gasteiger partial charge in [-0.25, -0.2) is 4.79 Å². The molecule has 0 saturated carbocycles. The maximum atomic E-state index is 13.0. The number of carbonyl (C=O) groups excluding carboxylic acids is 2. The number of ether oxygens (including phenoxy) is 2. The molecule has 1 aliphatic rings. The summed E-state index contributed by atoms with van der Waals surface area (Å²) in [5.74, 6) is -0.148. The summed E-state index contributed by atoms with van der Waals surface area (Å²) >= 11 is 1.68. The molecule has 1 aliphatic heterocycles. The average Bonchev–Trinajstić information content (AvgIpc) is 3.61. The van der Waals surface area contributed by atoms with Crippen molar-refractivity contribution in [1.82, 2.24) is 25.2 Å². The normalized spacial score (nSPS) is 21.4. The zero-order valence-electron chi connectivity index (χ0n) is 22.1. The second-order valence-electron chi connectivity index (χ2n) is 9.76. The van der Waals surface area contributed by atoms with E-state index >= 15 is 0 Å². The van der Waals surface area contributed by atoms with E-state index in [0.717, 1.165) is 11.3 Å². The van der Waals surface area contributed by atoms with Gasteiger partial charge in [0.1, 0.15) is 12.3 Å². The summed E-state index contributed by atoms with van der Waals surface area (Å²) in [5.41, 5.74) is 2.56. The van der Waals surface area contributed by atoms with E-state index in [2.05, 4.69) is 33.9 Å². The summed E-state index contributed by atoms with van der Waals surface area (Å²) in [7, 11) is 1.76. The van der Waals surface area contributed by atoms with Crippen molar-refractivity contribution in [2.75, 3.05) is 32.1 Å². The van der Waals surface area contributed by atoms with Gasteiger partial charge in [0.15, 0.2) is 0 Å². The Bertz CT molecular complexity index is 1170. The number of fused-ring (bicyclic) bond motifs is 2. The molecule has 0 aliphatic carbocycles. The van der Waals surface area contributed by atoms with Crippen LogP contribution >= 0.6 is 11.3 Å². The number of urea groups is 1. The third-order valence-corrected chi connectivity index (χ3v) is 7.38. The molecule has 2 bridgehead atoms. The summed E-state index contributed by atoms with van der Waals surface area (Å²) < 4.78 is 13.4. The number of carbonyl (C=O) groups is 2. The topological polar surface area (TPSA) is 111 Å². The Morgan fingerprint density at radius 3 is 2.84 bits per heavy atom. The van der Waals surface area contributed by atoms with E-state index in [1.807, 2.05) is 48.8 Å². The lowest BCUT2D eigenvalue weighted by Crippen LogP contribution is -2.44. The molecule has 0 unspecified atom stereocenters. The van der Waals surface area contributed by atoms with Gasteiger partial charge in [-0.1, -0.05) is 30.3 Å². The third-order valence-electron chi connectivity index (χ3n) is 6.46. The molecule has 2 amide bonds. The summed E-state index contributed by atoms with van der Waals surface area (Å²) in [6.45, 7) is 6.24. The minimum absolute atomic E-state index is 0.000715. The minimum Gasteiger partial charge on any atom is -0.464 e. The van der Waals surface area contributed by atoms with Crippen LogP contribution in [-0.4, -0.2) is 70.8 Å². The molecule has 0 saturated heterocycles. The number of rotatable bonds is 4. The Hall–Kier alpha value is -3.28. The second-order valence-corrected chi connectivity index (χ2v) is 10.7. The van der Waals surface area contributed by atoms with Gasteiger partial charge in [0.2, 0.25) is 0 Å². The van der Waals surface area contributed by atoms with Crippen LogP contribution in [0.2, 0.25) is 0 Å². The largest absolute Gasteiger partial charge is 0.464 e. The van der Waals surface area contributed by atoms with E-state index in [-0.39, 0.29) is 36.7 Å². The van der Waals surface area contributed by atoms with Gasteiger partial charge < -0.3 is 25.0 Å². The number of aryl methyl sites for hydroxylation is 1. The number of esters is 1. The molecule has 1 aromatic carbocycles. The van der Waals surface area contributed by atoms with Crippen LogP contribution in [0.3, 0.4) is 0 Å². The van der Waals surface area contributed by atoms with Gasteiger partial charge in [0, 0.05) is 49.7 Å². The van der Waals surface area contributed by atoms with Crippen molar-refractivity contribution in [3.05, 3.63) is 53.7 Å². The van der Waals surface area contributed by atoms with Gasteiger partial charge in [0.25, 0.3) is 0 Å². The number of likely N-dealkylation sites (N-methyl/N-ethyl adjacent to an activating group) is 1. The van der Waals surface area contributed by atoms with Gasteiger partial charge >= 0.3 is 12.0 Å². The molecular weight excluding hydrogens is 504 g/mol. The molecule has 0 fully saturated rings. The number of nitrogens with zero attached hydrogens (tertiary/aromatic N) is 4. The number of thiophene rings is 1. The monoisotopic (exact) mass is 540 g/mol. The van der Waals surface area contributed by atoms with Gasteiger partial charge in [-0.2, -0.15) is 0 Å². The highest BCUT2D eigenvalue weighted by Gasteiger charge is 2.24. The van der Waals surface area contributed by atoms with Gasteiger partial charge in [-0.3, -0.25) is 9.48 Å². The number of benzene rings is 1. The SMILES string of the molecule is C[C@@H]1COC(=O)CCCn2cc(nn2)CO[C@@H](CN(C)C(=O)Nc2ccc(-c3cccs3)cc2)[C@@H](C)CN1. The molecular formula is C27H36N6O4S. The molecule has 2 aromatic heterocycles. The molecule has 2 N–H and O–H groups in total. The molecule has 3 atom stereocenters. The van der Waals surface area contributed by atoms with Crippen LogP contribution in [0, 0.1) is 5.92 Å². The second kappa shape index (κ2) is 13.5. The summed E-state index contributed by atoms with van der Waals surface area (Å²) in [4.78, 5) is 27.8. The number of anilines is 1. The van der Waals surface area contributed by atoms with Crippen molar-refractivity contribution in [1.29, 1.82) is 0 Å². The van der Waals surface area contributed by atoms with E-state index < -0.39 is 0 Å². The molecule has 3 heterocycles. The Kier molecular flexibility index (Phi) is 9.85. The van der Waals surface area contributed by atoms with Crippen LogP contribution in [0.25, 0.3) is 10.4 Å². The number of cyclic esters (lactones) is 1. The first kappa shape index (κ1) is 27.7. The highest BCUT2D eigenvalue weighted by Crippen LogP contribution is 2.26. The fourth-order valence-electron chi connectivity index (χ4n) is 4.09. The minimum atomic E-state index is -0.257. The molecule has 3 aromatic rings. The van der Waals surface area contributed by atoms with Crippen molar-refractivity contribution in [3.63, 3.8) is 0 Å². The first-order chi connectivity index (χ1) is 18.4. The molecule has 11 heteroatoms. The van der Waals surface area contributed by atoms with E-state index in [4.69, 9.17) is 9.47 Å². The molecule has 10 nitrogen and oxygen atoms in total. The Balaban J connectivity index is 1.38. The Labute approximate surface area is 227 Å². The average molecular weight is 541 g/mol. The highest BCUT2D eigenvalue weighted by atomic mass is 32.1. The predicted octanol–water partition coefficient (Wildman–Crippen LogP) is 4.01. The summed E-state index contributed by atoms with van der Waals surface area (Å²) in [5, 5.41) is 16.8. The highest BCUT2D eigenvalue weighted by molar-refractivity contribution is 7.13. The number of amides is 2. The smallest absolute Gasteiger partial charge is 0.321 e. The van der Waals surface area contributed by atoms with Crippen LogP contribution < -0.4 is 10.6 Å². The van der Waals surface area contributed by atoms with Crippen LogP contribution in [0.4, 0.5) is 10.5 Å². The molecule has 4 rings (SSSR count). The van der Waals surface area contributed by atoms with E-state index in [0.29, 0.717) is 44.8 Å². The maximum absolute atomic E-state index is 13.0. The zero-order chi connectivity index (χ0) is 26.9. The fourth-order valence-corrected chi connectivity index (χ4v) is 4.82. The maximum Gasteiger partial charge on any atom is 0.321 e. The molecule has 0 spiro atoms. The lowest BCUT2D eigenvalue weighted by molar-refractivity contribution is -0.144. The first-order valence-corrected chi connectivity index (χ1v) is 13.8. The lowest BCUT2D eigenvalue weighted by Gasteiger charge is -2.30. The van der Waals surface area contributed by atoms with Crippen molar-refractivity contribution in [2.45, 2.75) is 52.0 Å². The Morgan fingerprint density at radius 2 is 2.08 bits per heavy atom. The predicted molar refractivity (Wildman–Crippen MR) is 147 cm³/mol. The van der Waals surface area contributed by atoms with Crippen LogP contribution in [0.1, 0.15) is 32.4 Å². The summed E-state index contributed by atoms with van der Waals surface area (Å²) in [6, 6.07) is 11.7. The number of hydrogen-bond donors (Lipinski definition) is 2. The fraction of sp³-hybridized carbons (Fsp3) is 0.481. The van der Waals surface area contributed by atoms with Gasteiger partial charge in [0.05, 0.1) is 18.9 Å². The third kappa shape index (κ3) is 8.11. The van der Waals surface area contributed by atoms with Crippen molar-refractivity contribution >= 4 is 29.0 Å². The van der Waals surface area contributed by atoms with Crippen molar-refractivity contribution < 1.29 is 19.1 Å². The number of hydrogen-bond acceptors (Lipinski definition) is 8. The first-order valence-electron chi connectivity index (χ1n) is 12.9. The zero-order valence-corrected chi connectivity index (χ0v) is 22.9. The van der Waals surface area contributed by atoms with E-state index in [1.54, 1.807) is 28.0 Å². The lowest BCUT2D eigenvalue weighted by atomic mass is 10.0. The van der Waals surface area contributed by atoms with Crippen molar-refractivity contribution in [3.8, 4) is 10.4 Å². The standard InChI is InChI=1S/C27H36N6O4S/c1-19-14-28-20(2)17-37-26(34)7-4-12-33-15-23(30-31-33)18-36-24(19)16-32(3)27(35)29-22-10-8-21(9-11-22)25-6-5-13-38-25/h5-6,8-11,13,15,19-20,24,28H,4,7,12,14,16-18H2,1-3H3,(H,29,35)/t19-,20+,24-/m0/s1. The van der Waals surface area contributed by atoms with Crippen LogP contribution in [0.15, 0.2) is 48.0 Å². The van der Waals surface area contributed by atoms with Crippen molar-refractivity contribution in [2.24, 2.45) is 5.92 Å². The van der Waals surface area contributed by atoms with E-state index in [1.165, 1.54) is 4.88 Å². The van der Waals surface area contributed by atoms with E-state index in [9.17, 15) is 9.59 Å². The number of nitrogens with one attached hydrogen (secondary N) is 2. The quantitative estimate of drug-likeness (QED) is 0.481. The van der Waals surface area contributed by atoms with Crippen LogP contribution in [-0.2, 0) is 27.4 Å². The number of aromatic nitrogens is 3. The Morgan fingerprint density at radius 1 is 1.26 bits per heavy atom. The summed E-state index contributed by atoms with van der Waals surface area (Å²) in [6.07, 6.45) is 2.53. The van der Waals surface area contributed by atoms with Gasteiger partial charge in [-0.05, 0) is 48.4 Å². The molecule has 0 radical (unpaired) electrons.